The van der Waals surface area contributed by atoms with Crippen LogP contribution in [0.4, 0.5) is 0 Å². The quantitative estimate of drug-likeness (QED) is 0.870. The molecule has 1 aliphatic heterocycles. The van der Waals surface area contributed by atoms with Crippen molar-refractivity contribution in [3.63, 3.8) is 0 Å². The van der Waals surface area contributed by atoms with Crippen molar-refractivity contribution < 1.29 is 17.9 Å². The summed E-state index contributed by atoms with van der Waals surface area (Å²) in [5.41, 5.74) is 0. The third kappa shape index (κ3) is 4.59. The fourth-order valence-corrected chi connectivity index (χ4v) is 4.03. The summed E-state index contributed by atoms with van der Waals surface area (Å²) in [6.07, 6.45) is 2.04. The van der Waals surface area contributed by atoms with Gasteiger partial charge in [-0.15, -0.1) is 0 Å². The molecule has 1 aromatic rings. The molecule has 1 fully saturated rings. The van der Waals surface area contributed by atoms with Crippen molar-refractivity contribution in [3.8, 4) is 5.75 Å². The predicted octanol–water partition coefficient (Wildman–Crippen LogP) is 1.89. The third-order valence-corrected chi connectivity index (χ3v) is 5.50. The van der Waals surface area contributed by atoms with E-state index in [1.54, 1.807) is 11.0 Å². The maximum atomic E-state index is 12.4. The van der Waals surface area contributed by atoms with E-state index in [1.165, 1.54) is 19.2 Å². The summed E-state index contributed by atoms with van der Waals surface area (Å²) in [5, 5.41) is 0.280. The lowest BCUT2D eigenvalue weighted by atomic mass is 10.0. The van der Waals surface area contributed by atoms with Gasteiger partial charge in [-0.2, -0.15) is 0 Å². The Bertz CT molecular complexity index is 678. The number of sulfonamides is 1. The first-order chi connectivity index (χ1) is 10.8. The molecule has 0 spiro atoms. The number of hydrogen-bond acceptors (Lipinski definition) is 4. The van der Waals surface area contributed by atoms with Crippen molar-refractivity contribution in [2.45, 2.75) is 24.7 Å². The molecular formula is C15H21ClN2O4S. The van der Waals surface area contributed by atoms with Gasteiger partial charge in [-0.1, -0.05) is 18.5 Å². The monoisotopic (exact) mass is 360 g/mol. The molecule has 0 saturated carbocycles. The molecule has 1 N–H and O–H groups in total. The van der Waals surface area contributed by atoms with Gasteiger partial charge >= 0.3 is 0 Å². The van der Waals surface area contributed by atoms with Crippen LogP contribution in [0.3, 0.4) is 0 Å². The highest BCUT2D eigenvalue weighted by atomic mass is 35.5. The molecule has 0 bridgehead atoms. The number of ether oxygens (including phenoxy) is 1. The molecule has 1 unspecified atom stereocenters. The van der Waals surface area contributed by atoms with Crippen molar-refractivity contribution in [1.29, 1.82) is 0 Å². The van der Waals surface area contributed by atoms with Gasteiger partial charge in [-0.25, -0.2) is 13.1 Å². The van der Waals surface area contributed by atoms with E-state index in [0.717, 1.165) is 12.8 Å². The summed E-state index contributed by atoms with van der Waals surface area (Å²) < 4.78 is 32.2. The lowest BCUT2D eigenvalue weighted by molar-refractivity contribution is -0.131. The van der Waals surface area contributed by atoms with E-state index in [0.29, 0.717) is 19.0 Å². The number of nitrogens with one attached hydrogen (secondary N) is 1. The van der Waals surface area contributed by atoms with Gasteiger partial charge in [-0.05, 0) is 37.0 Å². The van der Waals surface area contributed by atoms with Crippen LogP contribution in [0.1, 0.15) is 19.8 Å². The number of halogens is 1. The zero-order chi connectivity index (χ0) is 17.0. The maximum Gasteiger partial charge on any atom is 0.244 e. The lowest BCUT2D eigenvalue weighted by Gasteiger charge is -2.31. The smallest absolute Gasteiger partial charge is 0.244 e. The van der Waals surface area contributed by atoms with E-state index in [2.05, 4.69) is 11.6 Å². The van der Waals surface area contributed by atoms with E-state index in [9.17, 15) is 13.2 Å². The standard InChI is InChI=1S/C15H21ClN2O4S/c1-11-4-3-7-18(10-11)15(19)9-17-23(20,21)14-8-12(16)5-6-13(14)22-2/h5-6,8,11,17H,3-4,7,9-10H2,1-2H3. The zero-order valence-electron chi connectivity index (χ0n) is 13.2. The lowest BCUT2D eigenvalue weighted by Crippen LogP contribution is -2.44. The largest absolute Gasteiger partial charge is 0.495 e. The number of carbonyl (C=O) groups excluding carboxylic acids is 1. The Labute approximate surface area is 141 Å². The van der Waals surface area contributed by atoms with Crippen LogP contribution in [-0.4, -0.2) is 46.0 Å². The van der Waals surface area contributed by atoms with Crippen LogP contribution in [0, 0.1) is 5.92 Å². The number of hydrogen-bond donors (Lipinski definition) is 1. The number of amides is 1. The summed E-state index contributed by atoms with van der Waals surface area (Å²) >= 11 is 5.86. The van der Waals surface area contributed by atoms with E-state index in [1.807, 2.05) is 0 Å². The highest BCUT2D eigenvalue weighted by Gasteiger charge is 2.24. The van der Waals surface area contributed by atoms with Crippen molar-refractivity contribution in [2.24, 2.45) is 5.92 Å². The summed E-state index contributed by atoms with van der Waals surface area (Å²) in [7, 11) is -2.50. The van der Waals surface area contributed by atoms with Crippen LogP contribution in [-0.2, 0) is 14.8 Å². The Balaban J connectivity index is 2.07. The van der Waals surface area contributed by atoms with Crippen molar-refractivity contribution in [1.82, 2.24) is 9.62 Å². The minimum absolute atomic E-state index is 0.0766. The van der Waals surface area contributed by atoms with Gasteiger partial charge in [0.05, 0.1) is 13.7 Å². The van der Waals surface area contributed by atoms with E-state index in [-0.39, 0.29) is 28.1 Å². The summed E-state index contributed by atoms with van der Waals surface area (Å²) in [5.74, 6) is 0.402. The average molecular weight is 361 g/mol. The Kier molecular flexibility index (Phi) is 5.89. The van der Waals surface area contributed by atoms with Gasteiger partial charge in [0.15, 0.2) is 0 Å². The number of piperidine rings is 1. The van der Waals surface area contributed by atoms with Crippen molar-refractivity contribution in [2.75, 3.05) is 26.7 Å². The molecule has 6 nitrogen and oxygen atoms in total. The van der Waals surface area contributed by atoms with Crippen molar-refractivity contribution >= 4 is 27.5 Å². The fraction of sp³-hybridized carbons (Fsp3) is 0.533. The zero-order valence-corrected chi connectivity index (χ0v) is 14.8. The van der Waals surface area contributed by atoms with Gasteiger partial charge in [0.2, 0.25) is 15.9 Å². The van der Waals surface area contributed by atoms with Gasteiger partial charge in [0, 0.05) is 18.1 Å². The van der Waals surface area contributed by atoms with E-state index < -0.39 is 10.0 Å². The normalized spacial score (nSPS) is 18.7. The Morgan fingerprint density at radius 1 is 1.48 bits per heavy atom. The molecule has 1 heterocycles. The molecule has 23 heavy (non-hydrogen) atoms. The molecular weight excluding hydrogens is 340 g/mol. The molecule has 0 aliphatic carbocycles. The molecule has 128 valence electrons. The first kappa shape index (κ1) is 18.0. The second-order valence-electron chi connectivity index (χ2n) is 5.71. The first-order valence-electron chi connectivity index (χ1n) is 7.44. The van der Waals surface area contributed by atoms with Gasteiger partial charge in [0.1, 0.15) is 10.6 Å². The topological polar surface area (TPSA) is 75.7 Å². The number of nitrogens with zero attached hydrogens (tertiary/aromatic N) is 1. The number of methoxy groups -OCH3 is 1. The third-order valence-electron chi connectivity index (χ3n) is 3.84. The Morgan fingerprint density at radius 2 is 2.22 bits per heavy atom. The highest BCUT2D eigenvalue weighted by Crippen LogP contribution is 2.26. The second-order valence-corrected chi connectivity index (χ2v) is 7.88. The highest BCUT2D eigenvalue weighted by molar-refractivity contribution is 7.89. The maximum absolute atomic E-state index is 12.4. The van der Waals surface area contributed by atoms with E-state index in [4.69, 9.17) is 16.3 Å². The molecule has 1 aromatic carbocycles. The van der Waals surface area contributed by atoms with Crippen LogP contribution in [0.5, 0.6) is 5.75 Å². The van der Waals surface area contributed by atoms with Crippen LogP contribution >= 0.6 is 11.6 Å². The molecule has 1 atom stereocenters. The average Bonchev–Trinajstić information content (AvgIpc) is 2.52. The molecule has 0 radical (unpaired) electrons. The summed E-state index contributed by atoms with van der Waals surface area (Å²) in [6, 6.07) is 4.32. The molecule has 1 amide bonds. The number of likely N-dealkylation sites (tertiary alicyclic amines) is 1. The molecule has 8 heteroatoms. The van der Waals surface area contributed by atoms with Gasteiger partial charge in [-0.3, -0.25) is 4.79 Å². The van der Waals surface area contributed by atoms with Crippen LogP contribution < -0.4 is 9.46 Å². The van der Waals surface area contributed by atoms with Crippen molar-refractivity contribution in [3.05, 3.63) is 23.2 Å². The SMILES string of the molecule is COc1ccc(Cl)cc1S(=O)(=O)NCC(=O)N1CCCC(C)C1. The van der Waals surface area contributed by atoms with Crippen LogP contribution in [0.2, 0.25) is 5.02 Å². The van der Waals surface area contributed by atoms with Gasteiger partial charge in [0.25, 0.3) is 0 Å². The molecule has 1 saturated heterocycles. The van der Waals surface area contributed by atoms with Crippen LogP contribution in [0.25, 0.3) is 0 Å². The molecule has 0 aromatic heterocycles. The van der Waals surface area contributed by atoms with E-state index >= 15 is 0 Å². The first-order valence-corrected chi connectivity index (χ1v) is 9.30. The Hall–Kier alpha value is -1.31. The summed E-state index contributed by atoms with van der Waals surface area (Å²) in [6.45, 7) is 3.15. The minimum atomic E-state index is -3.88. The Morgan fingerprint density at radius 3 is 2.87 bits per heavy atom. The summed E-state index contributed by atoms with van der Waals surface area (Å²) in [4.78, 5) is 13.8. The number of rotatable bonds is 5. The molecule has 2 rings (SSSR count). The fourth-order valence-electron chi connectivity index (χ4n) is 2.62. The predicted molar refractivity (Wildman–Crippen MR) is 88.2 cm³/mol. The minimum Gasteiger partial charge on any atom is -0.495 e. The number of carbonyl (C=O) groups is 1. The molecule has 1 aliphatic rings. The second kappa shape index (κ2) is 7.51. The van der Waals surface area contributed by atoms with Crippen LogP contribution in [0.15, 0.2) is 23.1 Å². The van der Waals surface area contributed by atoms with Gasteiger partial charge < -0.3 is 9.64 Å². The number of benzene rings is 1.